The van der Waals surface area contributed by atoms with Gasteiger partial charge in [0.15, 0.2) is 0 Å². The molecule has 2 heterocycles. The molecule has 0 atom stereocenters. The Kier molecular flexibility index (Phi) is 3.59. The first-order chi connectivity index (χ1) is 11.2. The van der Waals surface area contributed by atoms with Gasteiger partial charge in [0, 0.05) is 24.4 Å². The predicted octanol–water partition coefficient (Wildman–Crippen LogP) is 3.50. The van der Waals surface area contributed by atoms with E-state index < -0.39 is 0 Å². The lowest BCUT2D eigenvalue weighted by Crippen LogP contribution is -2.25. The standard InChI is InChI=1S/C18H16N2O2S/c1-20-9-8-15-16(11-20)23-17(19-15)18(21)22-14-7-6-12-4-2-3-5-13(12)10-14/h2-7,10H,8-9,11H2,1H3. The average Bonchev–Trinajstić information content (AvgIpc) is 2.98. The van der Waals surface area contributed by atoms with Crippen molar-refractivity contribution in [1.29, 1.82) is 0 Å². The highest BCUT2D eigenvalue weighted by Gasteiger charge is 2.22. The van der Waals surface area contributed by atoms with Gasteiger partial charge >= 0.3 is 5.97 Å². The summed E-state index contributed by atoms with van der Waals surface area (Å²) in [6, 6.07) is 13.7. The van der Waals surface area contributed by atoms with Gasteiger partial charge in [0.05, 0.1) is 5.69 Å². The van der Waals surface area contributed by atoms with Crippen LogP contribution in [-0.2, 0) is 13.0 Å². The maximum atomic E-state index is 12.4. The summed E-state index contributed by atoms with van der Waals surface area (Å²) in [5, 5.41) is 2.62. The lowest BCUT2D eigenvalue weighted by Gasteiger charge is -2.20. The highest BCUT2D eigenvalue weighted by atomic mass is 32.1. The molecule has 4 nitrogen and oxygen atoms in total. The SMILES string of the molecule is CN1CCc2nc(C(=O)Oc3ccc4ccccc4c3)sc2C1. The van der Waals surface area contributed by atoms with Gasteiger partial charge in [-0.05, 0) is 30.0 Å². The topological polar surface area (TPSA) is 42.4 Å². The molecule has 23 heavy (non-hydrogen) atoms. The normalized spacial score (nSPS) is 14.7. The van der Waals surface area contributed by atoms with Gasteiger partial charge in [0.25, 0.3) is 0 Å². The number of benzene rings is 2. The zero-order valence-electron chi connectivity index (χ0n) is 12.8. The Hall–Kier alpha value is -2.24. The van der Waals surface area contributed by atoms with Crippen LogP contribution in [0, 0.1) is 0 Å². The first kappa shape index (κ1) is 14.4. The van der Waals surface area contributed by atoms with Crippen molar-refractivity contribution >= 4 is 28.1 Å². The van der Waals surface area contributed by atoms with Crippen LogP contribution in [0.15, 0.2) is 42.5 Å². The summed E-state index contributed by atoms with van der Waals surface area (Å²) in [5.41, 5.74) is 1.04. The van der Waals surface area contributed by atoms with Crippen LogP contribution in [0.25, 0.3) is 10.8 Å². The van der Waals surface area contributed by atoms with Gasteiger partial charge in [-0.25, -0.2) is 9.78 Å². The van der Waals surface area contributed by atoms with Crippen LogP contribution in [0.1, 0.15) is 20.4 Å². The molecule has 0 N–H and O–H groups in total. The fourth-order valence-electron chi connectivity index (χ4n) is 2.79. The molecular formula is C18H16N2O2S. The maximum absolute atomic E-state index is 12.4. The fraction of sp³-hybridized carbons (Fsp3) is 0.222. The number of fused-ring (bicyclic) bond motifs is 2. The third-order valence-corrected chi connectivity index (χ3v) is 5.09. The van der Waals surface area contributed by atoms with Crippen LogP contribution in [0.3, 0.4) is 0 Å². The molecule has 4 rings (SSSR count). The van der Waals surface area contributed by atoms with Crippen molar-refractivity contribution in [3.63, 3.8) is 0 Å². The second-order valence-corrected chi connectivity index (χ2v) is 6.86. The van der Waals surface area contributed by atoms with Gasteiger partial charge in [-0.1, -0.05) is 30.3 Å². The number of carbonyl (C=O) groups excluding carboxylic acids is 1. The number of hydrogen-bond acceptors (Lipinski definition) is 5. The molecule has 1 aliphatic rings. The summed E-state index contributed by atoms with van der Waals surface area (Å²) in [6.45, 7) is 1.84. The number of esters is 1. The Morgan fingerprint density at radius 1 is 1.22 bits per heavy atom. The minimum absolute atomic E-state index is 0.373. The molecule has 0 saturated heterocycles. The summed E-state index contributed by atoms with van der Waals surface area (Å²) < 4.78 is 5.51. The molecule has 0 aliphatic carbocycles. The van der Waals surface area contributed by atoms with E-state index in [0.717, 1.165) is 36.0 Å². The Morgan fingerprint density at radius 3 is 2.91 bits per heavy atom. The molecule has 1 aliphatic heterocycles. The number of carbonyl (C=O) groups is 1. The molecule has 5 heteroatoms. The lowest BCUT2D eigenvalue weighted by molar-refractivity contribution is 0.0734. The molecule has 3 aromatic rings. The number of nitrogens with zero attached hydrogens (tertiary/aromatic N) is 2. The number of ether oxygens (including phenoxy) is 1. The monoisotopic (exact) mass is 324 g/mol. The van der Waals surface area contributed by atoms with Crippen LogP contribution >= 0.6 is 11.3 Å². The van der Waals surface area contributed by atoms with E-state index in [2.05, 4.69) is 16.9 Å². The third kappa shape index (κ3) is 2.85. The molecule has 1 aromatic heterocycles. The second kappa shape index (κ2) is 5.76. The van der Waals surface area contributed by atoms with Gasteiger partial charge in [-0.2, -0.15) is 0 Å². The summed E-state index contributed by atoms with van der Waals surface area (Å²) >= 11 is 1.44. The molecule has 0 radical (unpaired) electrons. The average molecular weight is 324 g/mol. The van der Waals surface area contributed by atoms with Gasteiger partial charge in [-0.15, -0.1) is 11.3 Å². The Bertz CT molecular complexity index is 888. The zero-order valence-corrected chi connectivity index (χ0v) is 13.6. The van der Waals surface area contributed by atoms with E-state index >= 15 is 0 Å². The molecule has 0 fully saturated rings. The van der Waals surface area contributed by atoms with Crippen LogP contribution in [0.4, 0.5) is 0 Å². The van der Waals surface area contributed by atoms with E-state index in [1.807, 2.05) is 42.5 Å². The van der Waals surface area contributed by atoms with E-state index in [0.29, 0.717) is 10.8 Å². The van der Waals surface area contributed by atoms with Crippen LogP contribution < -0.4 is 4.74 Å². The summed E-state index contributed by atoms with van der Waals surface area (Å²) in [6.07, 6.45) is 0.894. The first-order valence-electron chi connectivity index (χ1n) is 7.57. The van der Waals surface area contributed by atoms with Crippen LogP contribution in [0.2, 0.25) is 0 Å². The van der Waals surface area contributed by atoms with E-state index in [1.54, 1.807) is 0 Å². The van der Waals surface area contributed by atoms with Crippen molar-refractivity contribution in [3.05, 3.63) is 58.0 Å². The van der Waals surface area contributed by atoms with Crippen molar-refractivity contribution in [3.8, 4) is 5.75 Å². The van der Waals surface area contributed by atoms with Crippen LogP contribution in [-0.4, -0.2) is 29.4 Å². The quantitative estimate of drug-likeness (QED) is 0.534. The zero-order chi connectivity index (χ0) is 15.8. The van der Waals surface area contributed by atoms with Crippen molar-refractivity contribution in [2.24, 2.45) is 0 Å². The number of likely N-dealkylation sites (N-methyl/N-ethyl adjacent to an activating group) is 1. The van der Waals surface area contributed by atoms with Gasteiger partial charge in [0.1, 0.15) is 5.75 Å². The minimum atomic E-state index is -0.373. The Balaban J connectivity index is 1.57. The third-order valence-electron chi connectivity index (χ3n) is 4.03. The fourth-order valence-corrected chi connectivity index (χ4v) is 3.86. The van der Waals surface area contributed by atoms with Gasteiger partial charge < -0.3 is 9.64 Å². The van der Waals surface area contributed by atoms with E-state index in [-0.39, 0.29) is 5.97 Å². The highest BCUT2D eigenvalue weighted by Crippen LogP contribution is 2.26. The van der Waals surface area contributed by atoms with Crippen molar-refractivity contribution < 1.29 is 9.53 Å². The molecule has 0 saturated carbocycles. The maximum Gasteiger partial charge on any atom is 0.372 e. The Labute approximate surface area is 138 Å². The van der Waals surface area contributed by atoms with Gasteiger partial charge in [0.2, 0.25) is 5.01 Å². The van der Waals surface area contributed by atoms with Crippen molar-refractivity contribution in [2.45, 2.75) is 13.0 Å². The van der Waals surface area contributed by atoms with E-state index in [9.17, 15) is 4.79 Å². The molecule has 0 spiro atoms. The lowest BCUT2D eigenvalue weighted by atomic mass is 10.1. The molecule has 0 unspecified atom stereocenters. The number of rotatable bonds is 2. The summed E-state index contributed by atoms with van der Waals surface area (Å²) in [7, 11) is 2.08. The number of aromatic nitrogens is 1. The van der Waals surface area contributed by atoms with E-state index in [4.69, 9.17) is 4.74 Å². The Morgan fingerprint density at radius 2 is 2.04 bits per heavy atom. The minimum Gasteiger partial charge on any atom is -0.421 e. The van der Waals surface area contributed by atoms with Crippen molar-refractivity contribution in [2.75, 3.05) is 13.6 Å². The second-order valence-electron chi connectivity index (χ2n) is 5.78. The molecule has 0 bridgehead atoms. The smallest absolute Gasteiger partial charge is 0.372 e. The molecule has 0 amide bonds. The molecular weight excluding hydrogens is 308 g/mol. The number of hydrogen-bond donors (Lipinski definition) is 0. The van der Waals surface area contributed by atoms with Gasteiger partial charge in [-0.3, -0.25) is 0 Å². The van der Waals surface area contributed by atoms with E-state index in [1.165, 1.54) is 16.2 Å². The summed E-state index contributed by atoms with van der Waals surface area (Å²) in [5.74, 6) is 0.182. The largest absolute Gasteiger partial charge is 0.421 e. The summed E-state index contributed by atoms with van der Waals surface area (Å²) in [4.78, 5) is 20.2. The van der Waals surface area contributed by atoms with Crippen molar-refractivity contribution in [1.82, 2.24) is 9.88 Å². The van der Waals surface area contributed by atoms with Crippen LogP contribution in [0.5, 0.6) is 5.75 Å². The predicted molar refractivity (Wildman–Crippen MR) is 91.1 cm³/mol. The molecule has 2 aromatic carbocycles. The first-order valence-corrected chi connectivity index (χ1v) is 8.39. The highest BCUT2D eigenvalue weighted by molar-refractivity contribution is 7.13. The molecule has 116 valence electrons. The number of thiazole rings is 1.